The van der Waals surface area contributed by atoms with Gasteiger partial charge in [-0.05, 0) is 18.8 Å². The summed E-state index contributed by atoms with van der Waals surface area (Å²) in [6.45, 7) is 7.37. The van der Waals surface area contributed by atoms with Gasteiger partial charge in [-0.15, -0.1) is 6.58 Å². The van der Waals surface area contributed by atoms with Crippen LogP contribution in [0.25, 0.3) is 0 Å². The fourth-order valence-electron chi connectivity index (χ4n) is 1.01. The highest BCUT2D eigenvalue weighted by Gasteiger charge is 2.08. The smallest absolute Gasteiger partial charge is 0.239 e. The lowest BCUT2D eigenvalue weighted by molar-refractivity contribution is -0.774. The molecule has 1 nitrogen and oxygen atoms in total. The number of allylic oxidation sites excluding steroid dienone is 1. The lowest BCUT2D eigenvalue weighted by Crippen LogP contribution is -2.37. The molecule has 1 unspecified atom stereocenters. The summed E-state index contributed by atoms with van der Waals surface area (Å²) < 4.78 is 1.21. The quantitative estimate of drug-likeness (QED) is 0.428. The van der Waals surface area contributed by atoms with Crippen LogP contribution < -0.4 is 0 Å². The fraction of sp³-hybridized carbons (Fsp3) is 0.778. The van der Waals surface area contributed by atoms with E-state index in [-0.39, 0.29) is 0 Å². The fourth-order valence-corrected chi connectivity index (χ4v) is 1.27. The van der Waals surface area contributed by atoms with E-state index in [1.165, 1.54) is 33.9 Å². The molecule has 11 heavy (non-hydrogen) atoms. The molecule has 0 aliphatic carbocycles. The monoisotopic (exact) mass is 172 g/mol. The van der Waals surface area contributed by atoms with Gasteiger partial charge in [-0.2, -0.15) is 0 Å². The van der Waals surface area contributed by atoms with Crippen LogP contribution in [-0.4, -0.2) is 35.2 Å². The van der Waals surface area contributed by atoms with Gasteiger partial charge in [0.15, 0.2) is 0 Å². The molecule has 0 aliphatic rings. The lowest BCUT2D eigenvalue weighted by atomic mass is 10.0. The molecule has 0 spiro atoms. The summed E-state index contributed by atoms with van der Waals surface area (Å²) in [6.07, 6.45) is 4.53. The maximum absolute atomic E-state index is 3.75. The Hall–Kier alpha value is -0.0831. The third-order valence-corrected chi connectivity index (χ3v) is 2.31. The van der Waals surface area contributed by atoms with Crippen molar-refractivity contribution in [3.8, 4) is 0 Å². The Morgan fingerprint density at radius 1 is 1.55 bits per heavy atom. The normalized spacial score (nSPS) is 14.8. The van der Waals surface area contributed by atoms with E-state index in [1.807, 2.05) is 6.08 Å². The van der Waals surface area contributed by atoms with Crippen molar-refractivity contribution < 1.29 is 4.15 Å². The van der Waals surface area contributed by atoms with Gasteiger partial charge < -0.3 is 4.15 Å². The largest absolute Gasteiger partial charge is 0.395 e. The molecule has 0 aromatic heterocycles. The summed E-state index contributed by atoms with van der Waals surface area (Å²) in [7, 11) is 5.85. The minimum atomic E-state index is 0.818. The summed E-state index contributed by atoms with van der Waals surface area (Å²) in [5, 5.41) is 0. The Morgan fingerprint density at radius 2 is 2.09 bits per heavy atom. The van der Waals surface area contributed by atoms with Crippen LogP contribution in [0.5, 0.6) is 0 Å². The highest BCUT2D eigenvalue weighted by molar-refractivity contribution is 5.97. The van der Waals surface area contributed by atoms with E-state index in [0.717, 1.165) is 5.92 Å². The average molecular weight is 172 g/mol. The van der Waals surface area contributed by atoms with Crippen LogP contribution in [0.2, 0.25) is 0 Å². The van der Waals surface area contributed by atoms with Crippen LogP contribution in [-0.2, 0) is 0 Å². The first kappa shape index (κ1) is 10.9. The van der Waals surface area contributed by atoms with Gasteiger partial charge in [0, 0.05) is 0 Å². The summed E-state index contributed by atoms with van der Waals surface area (Å²) in [4.78, 5) is 0. The Labute approximate surface area is 74.2 Å². The zero-order chi connectivity index (χ0) is 8.91. The molecule has 0 aromatic carbocycles. The van der Waals surface area contributed by atoms with E-state index >= 15 is 0 Å². The third kappa shape index (κ3) is 7.82. The maximum Gasteiger partial charge on any atom is 0.239 e. The van der Waals surface area contributed by atoms with Crippen molar-refractivity contribution in [1.82, 2.24) is 0 Å². The summed E-state index contributed by atoms with van der Waals surface area (Å²) >= 11 is 0. The van der Waals surface area contributed by atoms with Crippen LogP contribution in [0.4, 0.5) is 0 Å². The predicted octanol–water partition coefficient (Wildman–Crippen LogP) is 0.945. The molecule has 1 atom stereocenters. The molecule has 0 heterocycles. The molecule has 0 saturated heterocycles. The predicted molar refractivity (Wildman–Crippen MR) is 55.5 cm³/mol. The van der Waals surface area contributed by atoms with Crippen LogP contribution in [0, 0.1) is 5.92 Å². The second-order valence-electron chi connectivity index (χ2n) is 4.43. The molecule has 0 N–H and O–H groups in total. The maximum atomic E-state index is 3.75. The van der Waals surface area contributed by atoms with Crippen molar-refractivity contribution in [3.63, 3.8) is 0 Å². The first-order valence-electron chi connectivity index (χ1n) is 4.37. The topological polar surface area (TPSA) is 0 Å². The van der Waals surface area contributed by atoms with Crippen LogP contribution in [0.3, 0.4) is 0 Å². The van der Waals surface area contributed by atoms with Crippen LogP contribution >= 0.6 is 0 Å². The zero-order valence-electron chi connectivity index (χ0n) is 8.43. The molecule has 66 valence electrons. The van der Waals surface area contributed by atoms with Gasteiger partial charge in [0.25, 0.3) is 0 Å². The Morgan fingerprint density at radius 3 is 2.45 bits per heavy atom. The average Bonchev–Trinajstić information content (AvgIpc) is 1.83. The minimum absolute atomic E-state index is 0.818. The van der Waals surface area contributed by atoms with Gasteiger partial charge in [-0.1, -0.05) is 13.0 Å². The van der Waals surface area contributed by atoms with Gasteiger partial charge in [0.05, 0.1) is 20.6 Å². The molecular formula is C9H22NSi+. The molecule has 2 heteroatoms. The Balaban J connectivity index is 3.45. The van der Waals surface area contributed by atoms with E-state index in [4.69, 9.17) is 0 Å². The minimum Gasteiger partial charge on any atom is -0.395 e. The first-order valence-corrected chi connectivity index (χ1v) is 5.26. The number of quaternary nitrogens is 1. The van der Waals surface area contributed by atoms with E-state index in [1.54, 1.807) is 0 Å². The molecule has 0 radical (unpaired) electrons. The number of rotatable bonds is 5. The van der Waals surface area contributed by atoms with Crippen molar-refractivity contribution in [1.29, 1.82) is 0 Å². The molecular weight excluding hydrogens is 150 g/mol. The van der Waals surface area contributed by atoms with Crippen LogP contribution in [0.15, 0.2) is 12.7 Å². The van der Waals surface area contributed by atoms with Crippen molar-refractivity contribution in [2.75, 3.05) is 20.6 Å². The van der Waals surface area contributed by atoms with Gasteiger partial charge in [0.1, 0.15) is 0 Å². The number of nitrogens with zero attached hydrogens (tertiary/aromatic N) is 1. The zero-order valence-corrected chi connectivity index (χ0v) is 10.4. The number of hydrogen-bond acceptors (Lipinski definition) is 0. The standard InChI is InChI=1S/C9H22NSi/c1-5-6-9(2)7-8-10(3,4)11/h5,9H,1,6-8H2,2-4,11H3/q+1. The molecule has 0 saturated carbocycles. The lowest BCUT2D eigenvalue weighted by Gasteiger charge is -2.27. The second kappa shape index (κ2) is 4.73. The number of hydrogen-bond donors (Lipinski definition) is 0. The second-order valence-corrected chi connectivity index (χ2v) is 6.85. The van der Waals surface area contributed by atoms with E-state index in [0.29, 0.717) is 0 Å². The summed E-state index contributed by atoms with van der Waals surface area (Å²) in [5.41, 5.74) is 0. The highest BCUT2D eigenvalue weighted by atomic mass is 28.2. The molecule has 0 rings (SSSR count). The van der Waals surface area contributed by atoms with Gasteiger partial charge in [0.2, 0.25) is 10.4 Å². The molecule has 0 aliphatic heterocycles. The van der Waals surface area contributed by atoms with Crippen molar-refractivity contribution >= 4 is 10.4 Å². The molecule has 0 amide bonds. The highest BCUT2D eigenvalue weighted by Crippen LogP contribution is 2.09. The third-order valence-electron chi connectivity index (χ3n) is 1.86. The van der Waals surface area contributed by atoms with Crippen molar-refractivity contribution in [2.24, 2.45) is 5.92 Å². The van der Waals surface area contributed by atoms with Crippen molar-refractivity contribution in [3.05, 3.63) is 12.7 Å². The van der Waals surface area contributed by atoms with Crippen molar-refractivity contribution in [2.45, 2.75) is 19.8 Å². The van der Waals surface area contributed by atoms with E-state index in [2.05, 4.69) is 27.6 Å². The van der Waals surface area contributed by atoms with Gasteiger partial charge in [-0.3, -0.25) is 0 Å². The van der Waals surface area contributed by atoms with Gasteiger partial charge in [-0.25, -0.2) is 0 Å². The van der Waals surface area contributed by atoms with E-state index < -0.39 is 0 Å². The molecule has 0 fully saturated rings. The van der Waals surface area contributed by atoms with Crippen LogP contribution in [0.1, 0.15) is 19.8 Å². The molecule has 0 bridgehead atoms. The summed E-state index contributed by atoms with van der Waals surface area (Å²) in [5.74, 6) is 0.818. The SMILES string of the molecule is C=CCC(C)CC[N+](C)(C)[SiH3]. The summed E-state index contributed by atoms with van der Waals surface area (Å²) in [6, 6.07) is 0. The first-order chi connectivity index (χ1) is 4.95. The van der Waals surface area contributed by atoms with E-state index in [9.17, 15) is 0 Å². The van der Waals surface area contributed by atoms with Gasteiger partial charge >= 0.3 is 0 Å². The Kier molecular flexibility index (Phi) is 4.69. The Bertz CT molecular complexity index is 115. The molecule has 0 aromatic rings.